The zero-order valence-electron chi connectivity index (χ0n) is 17.8. The number of carbonyl (C=O) groups is 1. The van der Waals surface area contributed by atoms with Crippen LogP contribution in [0.5, 0.6) is 0 Å². The Hall–Kier alpha value is -2.64. The Morgan fingerprint density at radius 2 is 1.72 bits per heavy atom. The van der Waals surface area contributed by atoms with Crippen molar-refractivity contribution in [1.29, 1.82) is 0 Å². The summed E-state index contributed by atoms with van der Waals surface area (Å²) < 4.78 is 13.7. The van der Waals surface area contributed by atoms with E-state index in [0.29, 0.717) is 5.95 Å². The molecule has 1 amide bonds. The summed E-state index contributed by atoms with van der Waals surface area (Å²) in [6.45, 7) is 0. The number of para-hydroxylation sites is 1. The number of anilines is 2. The number of carbonyl (C=O) groups excluding carboxylic acids is 1. The molecule has 1 aliphatic carbocycles. The number of rotatable bonds is 5. The molecule has 0 saturated heterocycles. The molecule has 3 aromatic rings. The van der Waals surface area contributed by atoms with Crippen LogP contribution in [0.25, 0.3) is 10.9 Å². The standard InChI is InChI=1S/C23H24Cl2FN5O/c1-31(2)21-15-5-3-4-6-20(15)29-23(30-21)28-14-9-7-13(8-10-14)27-22(32)16-11-19(26)18(25)12-17(16)24/h3-6,11-14H,7-10H2,1-2H3,(H,27,32)(H,28,29,30)/t13-,14+. The minimum Gasteiger partial charge on any atom is -0.362 e. The summed E-state index contributed by atoms with van der Waals surface area (Å²) in [5, 5.41) is 7.44. The molecular weight excluding hydrogens is 452 g/mol. The van der Waals surface area contributed by atoms with Gasteiger partial charge in [-0.2, -0.15) is 4.98 Å². The van der Waals surface area contributed by atoms with E-state index in [4.69, 9.17) is 28.2 Å². The Labute approximate surface area is 196 Å². The van der Waals surface area contributed by atoms with Crippen molar-refractivity contribution in [1.82, 2.24) is 15.3 Å². The number of halogens is 3. The fraction of sp³-hybridized carbons (Fsp3) is 0.348. The van der Waals surface area contributed by atoms with Gasteiger partial charge in [0.25, 0.3) is 5.91 Å². The van der Waals surface area contributed by atoms with Gasteiger partial charge >= 0.3 is 0 Å². The van der Waals surface area contributed by atoms with Crippen molar-refractivity contribution in [3.63, 3.8) is 0 Å². The lowest BCUT2D eigenvalue weighted by atomic mass is 9.91. The third-order valence-electron chi connectivity index (χ3n) is 5.66. The van der Waals surface area contributed by atoms with E-state index < -0.39 is 11.7 Å². The molecule has 1 saturated carbocycles. The molecule has 1 fully saturated rings. The van der Waals surface area contributed by atoms with E-state index in [0.717, 1.165) is 48.5 Å². The second-order valence-electron chi connectivity index (χ2n) is 8.19. The Morgan fingerprint density at radius 3 is 2.44 bits per heavy atom. The Balaban J connectivity index is 1.38. The maximum Gasteiger partial charge on any atom is 0.253 e. The quantitative estimate of drug-likeness (QED) is 0.490. The minimum atomic E-state index is -0.665. The number of fused-ring (bicyclic) bond motifs is 1. The first kappa shape index (κ1) is 22.6. The smallest absolute Gasteiger partial charge is 0.253 e. The lowest BCUT2D eigenvalue weighted by molar-refractivity contribution is 0.0926. The third-order valence-corrected chi connectivity index (χ3v) is 6.26. The van der Waals surface area contributed by atoms with E-state index in [9.17, 15) is 9.18 Å². The Bertz CT molecular complexity index is 1150. The number of nitrogens with zero attached hydrogens (tertiary/aromatic N) is 3. The summed E-state index contributed by atoms with van der Waals surface area (Å²) in [4.78, 5) is 23.9. The summed E-state index contributed by atoms with van der Waals surface area (Å²) in [5.74, 6) is 0.409. The van der Waals surface area contributed by atoms with E-state index in [1.807, 2.05) is 43.3 Å². The number of benzene rings is 2. The van der Waals surface area contributed by atoms with E-state index in [-0.39, 0.29) is 27.7 Å². The number of hydrogen-bond donors (Lipinski definition) is 2. The molecule has 0 bridgehead atoms. The van der Waals surface area contributed by atoms with E-state index in [1.54, 1.807) is 0 Å². The van der Waals surface area contributed by atoms with Crippen molar-refractivity contribution >= 4 is 51.8 Å². The Morgan fingerprint density at radius 1 is 1.03 bits per heavy atom. The Kier molecular flexibility index (Phi) is 6.67. The predicted octanol–water partition coefficient (Wildman–Crippen LogP) is 5.29. The van der Waals surface area contributed by atoms with Crippen molar-refractivity contribution in [3.05, 3.63) is 57.8 Å². The highest BCUT2D eigenvalue weighted by Crippen LogP contribution is 2.28. The lowest BCUT2D eigenvalue weighted by Crippen LogP contribution is -2.40. The molecule has 2 N–H and O–H groups in total. The van der Waals surface area contributed by atoms with Gasteiger partial charge in [0.15, 0.2) is 0 Å². The summed E-state index contributed by atoms with van der Waals surface area (Å²) in [6.07, 6.45) is 3.26. The number of hydrogen-bond acceptors (Lipinski definition) is 5. The van der Waals surface area contributed by atoms with Crippen LogP contribution < -0.4 is 15.5 Å². The fourth-order valence-corrected chi connectivity index (χ4v) is 4.46. The minimum absolute atomic E-state index is 0.00906. The van der Waals surface area contributed by atoms with Crippen molar-refractivity contribution in [2.45, 2.75) is 37.8 Å². The fourth-order valence-electron chi connectivity index (χ4n) is 3.99. The van der Waals surface area contributed by atoms with Gasteiger partial charge < -0.3 is 15.5 Å². The van der Waals surface area contributed by atoms with Gasteiger partial charge in [0, 0.05) is 31.6 Å². The molecule has 0 radical (unpaired) electrons. The highest BCUT2D eigenvalue weighted by atomic mass is 35.5. The monoisotopic (exact) mass is 475 g/mol. The highest BCUT2D eigenvalue weighted by Gasteiger charge is 2.25. The molecule has 0 spiro atoms. The molecule has 1 aromatic heterocycles. The van der Waals surface area contributed by atoms with Gasteiger partial charge in [-0.05, 0) is 49.9 Å². The average Bonchev–Trinajstić information content (AvgIpc) is 2.77. The largest absolute Gasteiger partial charge is 0.362 e. The second kappa shape index (κ2) is 9.46. The second-order valence-corrected chi connectivity index (χ2v) is 9.01. The summed E-state index contributed by atoms with van der Waals surface area (Å²) in [6, 6.07) is 10.5. The van der Waals surface area contributed by atoms with Crippen LogP contribution in [0, 0.1) is 5.82 Å². The van der Waals surface area contributed by atoms with Crippen LogP contribution in [-0.2, 0) is 0 Å². The molecule has 32 heavy (non-hydrogen) atoms. The van der Waals surface area contributed by atoms with Crippen LogP contribution in [0.2, 0.25) is 10.0 Å². The first-order valence-corrected chi connectivity index (χ1v) is 11.2. The van der Waals surface area contributed by atoms with Crippen LogP contribution in [0.15, 0.2) is 36.4 Å². The van der Waals surface area contributed by atoms with Gasteiger partial charge in [-0.3, -0.25) is 4.79 Å². The van der Waals surface area contributed by atoms with E-state index in [1.165, 1.54) is 6.07 Å². The third kappa shape index (κ3) is 4.89. The average molecular weight is 476 g/mol. The lowest BCUT2D eigenvalue weighted by Gasteiger charge is -2.30. The molecule has 2 aromatic carbocycles. The van der Waals surface area contributed by atoms with Crippen molar-refractivity contribution in [2.24, 2.45) is 0 Å². The van der Waals surface area contributed by atoms with Crippen LogP contribution >= 0.6 is 23.2 Å². The molecule has 9 heteroatoms. The topological polar surface area (TPSA) is 70.2 Å². The zero-order chi connectivity index (χ0) is 22.8. The maximum atomic E-state index is 13.7. The van der Waals surface area contributed by atoms with Gasteiger partial charge in [0.1, 0.15) is 11.6 Å². The SMILES string of the molecule is CN(C)c1nc(N[C@H]2CC[C@@H](NC(=O)c3cc(F)c(Cl)cc3Cl)CC2)nc2ccccc12. The molecule has 6 nitrogen and oxygen atoms in total. The maximum absolute atomic E-state index is 13.7. The normalized spacial score (nSPS) is 18.4. The first-order valence-electron chi connectivity index (χ1n) is 10.5. The molecule has 0 atom stereocenters. The number of amides is 1. The van der Waals surface area contributed by atoms with Crippen LogP contribution in [0.3, 0.4) is 0 Å². The van der Waals surface area contributed by atoms with Crippen molar-refractivity contribution in [3.8, 4) is 0 Å². The molecular formula is C23H24Cl2FN5O. The van der Waals surface area contributed by atoms with Gasteiger partial charge in [-0.1, -0.05) is 35.3 Å². The molecule has 168 valence electrons. The van der Waals surface area contributed by atoms with Gasteiger partial charge in [-0.15, -0.1) is 0 Å². The number of aromatic nitrogens is 2. The van der Waals surface area contributed by atoms with Crippen LogP contribution in [0.4, 0.5) is 16.2 Å². The molecule has 0 aliphatic heterocycles. The molecule has 4 rings (SSSR count). The summed E-state index contributed by atoms with van der Waals surface area (Å²) in [7, 11) is 3.93. The van der Waals surface area contributed by atoms with Crippen molar-refractivity contribution < 1.29 is 9.18 Å². The first-order chi connectivity index (χ1) is 15.3. The van der Waals surface area contributed by atoms with Crippen LogP contribution in [0.1, 0.15) is 36.0 Å². The van der Waals surface area contributed by atoms with Gasteiger partial charge in [0.05, 0.1) is 21.1 Å². The summed E-state index contributed by atoms with van der Waals surface area (Å²) >= 11 is 11.8. The molecule has 1 heterocycles. The van der Waals surface area contributed by atoms with E-state index in [2.05, 4.69) is 15.6 Å². The number of nitrogens with one attached hydrogen (secondary N) is 2. The highest BCUT2D eigenvalue weighted by molar-refractivity contribution is 6.36. The van der Waals surface area contributed by atoms with Crippen LogP contribution in [-0.4, -0.2) is 42.1 Å². The van der Waals surface area contributed by atoms with E-state index >= 15 is 0 Å². The zero-order valence-corrected chi connectivity index (χ0v) is 19.3. The van der Waals surface area contributed by atoms with Gasteiger partial charge in [-0.25, -0.2) is 9.37 Å². The van der Waals surface area contributed by atoms with Crippen molar-refractivity contribution in [2.75, 3.05) is 24.3 Å². The van der Waals surface area contributed by atoms with Gasteiger partial charge in [0.2, 0.25) is 5.95 Å². The summed E-state index contributed by atoms with van der Waals surface area (Å²) in [5.41, 5.74) is 0.983. The predicted molar refractivity (Wildman–Crippen MR) is 127 cm³/mol. The molecule has 0 unspecified atom stereocenters. The molecule has 1 aliphatic rings.